The Bertz CT molecular complexity index is 1120. The number of hydrogen-bond acceptors (Lipinski definition) is 7. The maximum atomic E-state index is 13.1. The molecule has 0 radical (unpaired) electrons. The van der Waals surface area contributed by atoms with Crippen LogP contribution >= 0.6 is 11.3 Å². The smallest absolute Gasteiger partial charge is 0.306 e. The van der Waals surface area contributed by atoms with Gasteiger partial charge in [-0.3, -0.25) is 19.3 Å². The van der Waals surface area contributed by atoms with E-state index in [0.29, 0.717) is 11.4 Å². The van der Waals surface area contributed by atoms with Gasteiger partial charge in [0.05, 0.1) is 18.1 Å². The number of morpholine rings is 1. The molecule has 0 bridgehead atoms. The third-order valence-corrected chi connectivity index (χ3v) is 7.79. The fraction of sp³-hybridized carbons (Fsp3) is 0.536. The van der Waals surface area contributed by atoms with Crippen LogP contribution in [-0.2, 0) is 45.0 Å². The fourth-order valence-electron chi connectivity index (χ4n) is 4.81. The standard InChI is InChI=1S/C28H37N3O5S/c1-28(2,3)36-24(32)11-10-23(26(29)33)31-17-22-21(18-37-25(22)27(31)34)9-8-19-4-6-20(7-5-19)16-30-12-14-35-15-13-30/h4-7,18,23H,8-17H2,1-3H3,(H2,29,33). The number of ether oxygens (including phenoxy) is 2. The number of benzene rings is 1. The van der Waals surface area contributed by atoms with Crippen molar-refractivity contribution >= 4 is 29.1 Å². The van der Waals surface area contributed by atoms with Gasteiger partial charge in [0.1, 0.15) is 11.6 Å². The van der Waals surface area contributed by atoms with Crippen molar-refractivity contribution in [2.45, 2.75) is 71.2 Å². The Morgan fingerprint density at radius 1 is 1.11 bits per heavy atom. The molecule has 1 saturated heterocycles. The Morgan fingerprint density at radius 2 is 1.78 bits per heavy atom. The largest absolute Gasteiger partial charge is 0.460 e. The molecule has 0 saturated carbocycles. The van der Waals surface area contributed by atoms with Crippen molar-refractivity contribution in [1.29, 1.82) is 0 Å². The number of amides is 2. The molecular formula is C28H37N3O5S. The molecule has 2 aromatic rings. The molecule has 2 amide bonds. The van der Waals surface area contributed by atoms with E-state index >= 15 is 0 Å². The average molecular weight is 528 g/mol. The topological polar surface area (TPSA) is 102 Å². The Kier molecular flexibility index (Phi) is 8.67. The van der Waals surface area contributed by atoms with Gasteiger partial charge < -0.3 is 20.1 Å². The van der Waals surface area contributed by atoms with Crippen molar-refractivity contribution in [2.24, 2.45) is 5.73 Å². The van der Waals surface area contributed by atoms with E-state index in [9.17, 15) is 14.4 Å². The first kappa shape index (κ1) is 27.3. The molecule has 1 fully saturated rings. The van der Waals surface area contributed by atoms with E-state index in [1.807, 2.05) is 5.38 Å². The molecule has 8 nitrogen and oxygen atoms in total. The highest BCUT2D eigenvalue weighted by molar-refractivity contribution is 7.12. The maximum Gasteiger partial charge on any atom is 0.306 e. The number of primary amides is 1. The molecule has 1 unspecified atom stereocenters. The minimum Gasteiger partial charge on any atom is -0.460 e. The molecule has 9 heteroatoms. The number of carbonyl (C=O) groups excluding carboxylic acids is 3. The molecule has 0 spiro atoms. The molecule has 37 heavy (non-hydrogen) atoms. The van der Waals surface area contributed by atoms with E-state index in [2.05, 4.69) is 29.2 Å². The molecular weight excluding hydrogens is 490 g/mol. The predicted octanol–water partition coefficient (Wildman–Crippen LogP) is 3.30. The lowest BCUT2D eigenvalue weighted by Crippen LogP contribution is -2.45. The van der Waals surface area contributed by atoms with Gasteiger partial charge in [-0.1, -0.05) is 24.3 Å². The van der Waals surface area contributed by atoms with Crippen LogP contribution in [0, 0.1) is 0 Å². The number of thiophene rings is 1. The summed E-state index contributed by atoms with van der Waals surface area (Å²) in [5.41, 5.74) is 9.69. The lowest BCUT2D eigenvalue weighted by molar-refractivity contribution is -0.155. The molecule has 0 aliphatic carbocycles. The van der Waals surface area contributed by atoms with Crippen LogP contribution in [-0.4, -0.2) is 65.5 Å². The number of rotatable bonds is 10. The Balaban J connectivity index is 1.34. The summed E-state index contributed by atoms with van der Waals surface area (Å²) in [4.78, 5) is 42.1. The van der Waals surface area contributed by atoms with Crippen molar-refractivity contribution in [3.63, 3.8) is 0 Å². The summed E-state index contributed by atoms with van der Waals surface area (Å²) in [5, 5.41) is 2.05. The second-order valence-electron chi connectivity index (χ2n) is 10.7. The van der Waals surface area contributed by atoms with Crippen molar-refractivity contribution in [2.75, 3.05) is 26.3 Å². The molecule has 2 aliphatic rings. The number of carbonyl (C=O) groups is 3. The van der Waals surface area contributed by atoms with Crippen LogP contribution in [0.4, 0.5) is 0 Å². The third kappa shape index (κ3) is 7.18. The molecule has 1 aromatic carbocycles. The zero-order valence-corrected chi connectivity index (χ0v) is 22.8. The Hall–Kier alpha value is -2.75. The van der Waals surface area contributed by atoms with E-state index in [4.69, 9.17) is 15.2 Å². The van der Waals surface area contributed by atoms with E-state index in [1.54, 1.807) is 20.8 Å². The van der Waals surface area contributed by atoms with E-state index in [1.165, 1.54) is 27.4 Å². The lowest BCUT2D eigenvalue weighted by atomic mass is 10.0. The fourth-order valence-corrected chi connectivity index (χ4v) is 5.89. The number of esters is 1. The SMILES string of the molecule is CC(C)(C)OC(=O)CCC(C(N)=O)N1Cc2c(CCc3ccc(CN4CCOCC4)cc3)csc2C1=O. The van der Waals surface area contributed by atoms with Crippen LogP contribution in [0.15, 0.2) is 29.6 Å². The highest BCUT2D eigenvalue weighted by atomic mass is 32.1. The van der Waals surface area contributed by atoms with Gasteiger partial charge in [0.15, 0.2) is 0 Å². The molecule has 1 aromatic heterocycles. The van der Waals surface area contributed by atoms with Crippen LogP contribution in [0.3, 0.4) is 0 Å². The molecule has 2 aliphatic heterocycles. The molecule has 1 atom stereocenters. The van der Waals surface area contributed by atoms with Gasteiger partial charge >= 0.3 is 5.97 Å². The lowest BCUT2D eigenvalue weighted by Gasteiger charge is -2.26. The van der Waals surface area contributed by atoms with Crippen molar-refractivity contribution < 1.29 is 23.9 Å². The first-order valence-corrected chi connectivity index (χ1v) is 13.8. The molecule has 200 valence electrons. The van der Waals surface area contributed by atoms with Crippen LogP contribution < -0.4 is 5.73 Å². The van der Waals surface area contributed by atoms with Crippen LogP contribution in [0.5, 0.6) is 0 Å². The normalized spacial score (nSPS) is 17.1. The highest BCUT2D eigenvalue weighted by Gasteiger charge is 2.38. The summed E-state index contributed by atoms with van der Waals surface area (Å²) in [6, 6.07) is 7.90. The monoisotopic (exact) mass is 527 g/mol. The number of nitrogens with two attached hydrogens (primary N) is 1. The zero-order valence-electron chi connectivity index (χ0n) is 22.0. The average Bonchev–Trinajstić information content (AvgIpc) is 3.38. The third-order valence-electron chi connectivity index (χ3n) is 6.73. The first-order valence-electron chi connectivity index (χ1n) is 12.9. The Labute approximate surface area is 222 Å². The van der Waals surface area contributed by atoms with Crippen LogP contribution in [0.1, 0.15) is 65.5 Å². The minimum absolute atomic E-state index is 0.0245. The number of hydrogen-bond donors (Lipinski definition) is 1. The quantitative estimate of drug-likeness (QED) is 0.476. The van der Waals surface area contributed by atoms with Crippen LogP contribution in [0.2, 0.25) is 0 Å². The van der Waals surface area contributed by atoms with Gasteiger partial charge in [0.25, 0.3) is 5.91 Å². The van der Waals surface area contributed by atoms with E-state index in [0.717, 1.165) is 56.8 Å². The second kappa shape index (κ2) is 11.8. The summed E-state index contributed by atoms with van der Waals surface area (Å²) < 4.78 is 10.8. The summed E-state index contributed by atoms with van der Waals surface area (Å²) in [6.07, 6.45) is 1.86. The predicted molar refractivity (Wildman–Crippen MR) is 142 cm³/mol. The highest BCUT2D eigenvalue weighted by Crippen LogP contribution is 2.34. The number of fused-ring (bicyclic) bond motifs is 1. The number of nitrogens with zero attached hydrogens (tertiary/aromatic N) is 2. The summed E-state index contributed by atoms with van der Waals surface area (Å²) in [5.74, 6) is -1.20. The van der Waals surface area contributed by atoms with Gasteiger partial charge in [-0.15, -0.1) is 11.3 Å². The van der Waals surface area contributed by atoms with Gasteiger partial charge in [-0.05, 0) is 67.7 Å². The minimum atomic E-state index is -0.841. The van der Waals surface area contributed by atoms with Gasteiger partial charge in [0.2, 0.25) is 5.91 Å². The van der Waals surface area contributed by atoms with Crippen molar-refractivity contribution in [3.8, 4) is 0 Å². The first-order chi connectivity index (χ1) is 17.6. The maximum absolute atomic E-state index is 13.1. The van der Waals surface area contributed by atoms with Crippen LogP contribution in [0.25, 0.3) is 0 Å². The Morgan fingerprint density at radius 3 is 2.43 bits per heavy atom. The van der Waals surface area contributed by atoms with Gasteiger partial charge in [0, 0.05) is 32.6 Å². The second-order valence-corrected chi connectivity index (χ2v) is 11.6. The molecule has 4 rings (SSSR count). The zero-order chi connectivity index (χ0) is 26.6. The van der Waals surface area contributed by atoms with Gasteiger partial charge in [-0.25, -0.2) is 0 Å². The van der Waals surface area contributed by atoms with Crippen molar-refractivity contribution in [3.05, 3.63) is 56.8 Å². The molecule has 3 heterocycles. The van der Waals surface area contributed by atoms with E-state index in [-0.39, 0.29) is 18.7 Å². The van der Waals surface area contributed by atoms with Crippen molar-refractivity contribution in [1.82, 2.24) is 9.80 Å². The summed E-state index contributed by atoms with van der Waals surface area (Å²) in [6.45, 7) is 10.2. The summed E-state index contributed by atoms with van der Waals surface area (Å²) in [7, 11) is 0. The number of aryl methyl sites for hydroxylation is 2. The molecule has 2 N–H and O–H groups in total. The van der Waals surface area contributed by atoms with E-state index < -0.39 is 23.5 Å². The van der Waals surface area contributed by atoms with Gasteiger partial charge in [-0.2, -0.15) is 0 Å². The summed E-state index contributed by atoms with van der Waals surface area (Å²) >= 11 is 1.42.